The fourth-order valence-corrected chi connectivity index (χ4v) is 3.79. The molecule has 0 spiro atoms. The van der Waals surface area contributed by atoms with Crippen LogP contribution in [0, 0.1) is 0 Å². The van der Waals surface area contributed by atoms with Crippen molar-refractivity contribution in [3.8, 4) is 0 Å². The molecule has 1 aliphatic rings. The summed E-state index contributed by atoms with van der Waals surface area (Å²) in [6, 6.07) is 12.5. The van der Waals surface area contributed by atoms with E-state index in [1.54, 1.807) is 18.2 Å². The molecule has 1 heterocycles. The van der Waals surface area contributed by atoms with E-state index in [9.17, 15) is 9.59 Å². The number of ether oxygens (including phenoxy) is 1. The maximum atomic E-state index is 12.1. The van der Waals surface area contributed by atoms with Crippen LogP contribution in [0.3, 0.4) is 0 Å². The minimum atomic E-state index is -0.506. The summed E-state index contributed by atoms with van der Waals surface area (Å²) < 4.78 is 5.23. The Morgan fingerprint density at radius 1 is 1.21 bits per heavy atom. The molecule has 4 nitrogen and oxygen atoms in total. The van der Waals surface area contributed by atoms with Crippen molar-refractivity contribution < 1.29 is 14.3 Å². The van der Waals surface area contributed by atoms with Crippen LogP contribution in [0.25, 0.3) is 0 Å². The molecule has 1 aliphatic heterocycles. The highest BCUT2D eigenvalue weighted by atomic mass is 35.5. The number of amides is 1. The van der Waals surface area contributed by atoms with E-state index < -0.39 is 11.2 Å². The topological polar surface area (TPSA) is 55.4 Å². The fourth-order valence-electron chi connectivity index (χ4n) is 2.23. The number of hydrogen-bond donors (Lipinski definition) is 1. The molecule has 1 amide bonds. The van der Waals surface area contributed by atoms with Crippen LogP contribution in [-0.2, 0) is 20.9 Å². The zero-order valence-corrected chi connectivity index (χ0v) is 14.8. The number of para-hydroxylation sites is 1. The molecule has 1 unspecified atom stereocenters. The first-order valence-corrected chi connectivity index (χ1v) is 8.82. The van der Waals surface area contributed by atoms with Crippen LogP contribution in [0.2, 0.25) is 10.0 Å². The van der Waals surface area contributed by atoms with Crippen molar-refractivity contribution in [3.63, 3.8) is 0 Å². The number of rotatable bonds is 4. The van der Waals surface area contributed by atoms with Crippen molar-refractivity contribution in [2.24, 2.45) is 0 Å². The van der Waals surface area contributed by atoms with Gasteiger partial charge in [0.05, 0.1) is 17.4 Å². The zero-order valence-electron chi connectivity index (χ0n) is 12.4. The lowest BCUT2D eigenvalue weighted by atomic mass is 10.2. The molecular formula is C17H13Cl2NO3S. The van der Waals surface area contributed by atoms with Gasteiger partial charge in [0.2, 0.25) is 5.91 Å². The Morgan fingerprint density at radius 2 is 2.00 bits per heavy atom. The summed E-state index contributed by atoms with van der Waals surface area (Å²) in [5.41, 5.74) is 1.44. The van der Waals surface area contributed by atoms with Gasteiger partial charge in [0.25, 0.3) is 0 Å². The lowest BCUT2D eigenvalue weighted by Gasteiger charge is -2.23. The lowest BCUT2D eigenvalue weighted by Crippen LogP contribution is -2.31. The molecule has 0 aliphatic carbocycles. The van der Waals surface area contributed by atoms with Gasteiger partial charge in [-0.2, -0.15) is 0 Å². The van der Waals surface area contributed by atoms with Gasteiger partial charge >= 0.3 is 5.97 Å². The first kappa shape index (κ1) is 17.1. The predicted molar refractivity (Wildman–Crippen MR) is 95.6 cm³/mol. The van der Waals surface area contributed by atoms with Gasteiger partial charge in [0, 0.05) is 20.5 Å². The summed E-state index contributed by atoms with van der Waals surface area (Å²) in [5.74, 6) is -0.645. The standard InChI is InChI=1S/C17H13Cl2NO3S/c18-11-6-5-10(12(19)7-11)9-23-16(21)8-15-17(22)20-13-3-1-2-4-14(13)24-15/h1-7,15H,8-9H2,(H,20,22). The van der Waals surface area contributed by atoms with Crippen LogP contribution in [0.4, 0.5) is 5.69 Å². The molecule has 0 aromatic heterocycles. The van der Waals surface area contributed by atoms with E-state index >= 15 is 0 Å². The summed E-state index contributed by atoms with van der Waals surface area (Å²) >= 11 is 13.2. The normalized spacial score (nSPS) is 16.2. The smallest absolute Gasteiger partial charge is 0.307 e. The first-order chi connectivity index (χ1) is 11.5. The van der Waals surface area contributed by atoms with E-state index in [4.69, 9.17) is 27.9 Å². The van der Waals surface area contributed by atoms with E-state index in [1.807, 2.05) is 24.3 Å². The van der Waals surface area contributed by atoms with Crippen LogP contribution in [0.15, 0.2) is 47.4 Å². The minimum absolute atomic E-state index is 0.00393. The van der Waals surface area contributed by atoms with E-state index in [0.717, 1.165) is 10.6 Å². The van der Waals surface area contributed by atoms with Gasteiger partial charge in [-0.1, -0.05) is 41.4 Å². The van der Waals surface area contributed by atoms with Gasteiger partial charge in [0.15, 0.2) is 0 Å². The van der Waals surface area contributed by atoms with Crippen molar-refractivity contribution in [1.29, 1.82) is 0 Å². The van der Waals surface area contributed by atoms with E-state index in [1.165, 1.54) is 11.8 Å². The van der Waals surface area contributed by atoms with Crippen molar-refractivity contribution in [2.45, 2.75) is 23.2 Å². The average Bonchev–Trinajstić information content (AvgIpc) is 2.55. The molecule has 0 saturated heterocycles. The average molecular weight is 382 g/mol. The fraction of sp³-hybridized carbons (Fsp3) is 0.176. The number of thioether (sulfide) groups is 1. The van der Waals surface area contributed by atoms with Crippen molar-refractivity contribution in [2.75, 3.05) is 5.32 Å². The van der Waals surface area contributed by atoms with Crippen LogP contribution in [0.1, 0.15) is 12.0 Å². The van der Waals surface area contributed by atoms with Crippen LogP contribution in [0.5, 0.6) is 0 Å². The number of carbonyl (C=O) groups excluding carboxylic acids is 2. The highest BCUT2D eigenvalue weighted by molar-refractivity contribution is 8.01. The van der Waals surface area contributed by atoms with Gasteiger partial charge in [0.1, 0.15) is 6.61 Å². The lowest BCUT2D eigenvalue weighted by molar-refractivity contribution is -0.145. The Hall–Kier alpha value is -1.69. The van der Waals surface area contributed by atoms with E-state index in [2.05, 4.69) is 5.32 Å². The second-order valence-corrected chi connectivity index (χ2v) is 7.28. The molecule has 0 fully saturated rings. The second-order valence-electron chi connectivity index (χ2n) is 5.19. The number of benzene rings is 2. The summed E-state index contributed by atoms with van der Waals surface area (Å²) in [6.07, 6.45) is -0.00393. The van der Waals surface area contributed by atoms with Crippen molar-refractivity contribution in [3.05, 3.63) is 58.1 Å². The van der Waals surface area contributed by atoms with Crippen LogP contribution >= 0.6 is 35.0 Å². The van der Waals surface area contributed by atoms with Gasteiger partial charge in [-0.15, -0.1) is 11.8 Å². The predicted octanol–water partition coefficient (Wildman–Crippen LogP) is 4.54. The van der Waals surface area contributed by atoms with E-state index in [0.29, 0.717) is 15.6 Å². The molecule has 2 aromatic carbocycles. The number of carbonyl (C=O) groups is 2. The molecule has 24 heavy (non-hydrogen) atoms. The third-order valence-electron chi connectivity index (χ3n) is 3.46. The molecule has 0 saturated carbocycles. The Balaban J connectivity index is 1.58. The largest absolute Gasteiger partial charge is 0.461 e. The maximum absolute atomic E-state index is 12.1. The maximum Gasteiger partial charge on any atom is 0.307 e. The summed E-state index contributed by atoms with van der Waals surface area (Å²) in [5, 5.41) is 3.25. The molecule has 1 N–H and O–H groups in total. The minimum Gasteiger partial charge on any atom is -0.461 e. The number of esters is 1. The highest BCUT2D eigenvalue weighted by Gasteiger charge is 2.29. The van der Waals surface area contributed by atoms with Gasteiger partial charge < -0.3 is 10.1 Å². The number of fused-ring (bicyclic) bond motifs is 1. The number of hydrogen-bond acceptors (Lipinski definition) is 4. The Kier molecular flexibility index (Phi) is 5.33. The first-order valence-electron chi connectivity index (χ1n) is 7.19. The Morgan fingerprint density at radius 3 is 2.79 bits per heavy atom. The van der Waals surface area contributed by atoms with E-state index in [-0.39, 0.29) is 18.9 Å². The van der Waals surface area contributed by atoms with Gasteiger partial charge in [-0.05, 0) is 24.3 Å². The quantitative estimate of drug-likeness (QED) is 0.789. The Bertz CT molecular complexity index is 797. The molecular weight excluding hydrogens is 369 g/mol. The third-order valence-corrected chi connectivity index (χ3v) is 5.32. The number of halogens is 2. The zero-order chi connectivity index (χ0) is 17.1. The van der Waals surface area contributed by atoms with Crippen molar-refractivity contribution in [1.82, 2.24) is 0 Å². The van der Waals surface area contributed by atoms with Gasteiger partial charge in [-0.25, -0.2) is 0 Å². The second kappa shape index (κ2) is 7.47. The van der Waals surface area contributed by atoms with Crippen LogP contribution < -0.4 is 5.32 Å². The summed E-state index contributed by atoms with van der Waals surface area (Å²) in [7, 11) is 0. The molecule has 1 atom stereocenters. The Labute approximate surface area is 153 Å². The monoisotopic (exact) mass is 381 g/mol. The summed E-state index contributed by atoms with van der Waals surface area (Å²) in [6.45, 7) is 0.0461. The SMILES string of the molecule is O=C(CC1Sc2ccccc2NC1=O)OCc1ccc(Cl)cc1Cl. The third kappa shape index (κ3) is 4.04. The van der Waals surface area contributed by atoms with Gasteiger partial charge in [-0.3, -0.25) is 9.59 Å². The molecule has 0 radical (unpaired) electrons. The highest BCUT2D eigenvalue weighted by Crippen LogP contribution is 2.36. The molecule has 3 rings (SSSR count). The molecule has 0 bridgehead atoms. The number of anilines is 1. The van der Waals surface area contributed by atoms with Crippen LogP contribution in [-0.4, -0.2) is 17.1 Å². The molecule has 2 aromatic rings. The molecule has 124 valence electrons. The molecule has 7 heteroatoms. The van der Waals surface area contributed by atoms with Crippen molar-refractivity contribution >= 4 is 52.5 Å². The summed E-state index contributed by atoms with van der Waals surface area (Å²) in [4.78, 5) is 25.1. The number of nitrogens with one attached hydrogen (secondary N) is 1.